The Labute approximate surface area is 552 Å². The van der Waals surface area contributed by atoms with Gasteiger partial charge in [0.15, 0.2) is 11.2 Å². The lowest BCUT2D eigenvalue weighted by atomic mass is 9.90. The maximum atomic E-state index is 13.8. The zero-order chi connectivity index (χ0) is 65.3. The van der Waals surface area contributed by atoms with Gasteiger partial charge in [0.2, 0.25) is 11.8 Å². The van der Waals surface area contributed by atoms with E-state index in [1.54, 1.807) is 36.4 Å². The standard InChI is InChI=1S/C82H62N2O12/c1-52(34-69-67-28-16-14-26-59(67)40-71(77(69)85)79-83-73-32-30-62(43-76(73)96-79)82(88)94-51-58-38-65(91-48-55-22-10-4-11-23-55)45-66(39-58)92-49-56-24-12-5-13-25-56)35-70-68-29-17-15-27-60(68)41-72(78(70)86)80-84-74-42-61(31-33-75(74)95-80)81(87)93-50-57-36-63(89-46-53-18-6-2-7-19-53)44-64(37-57)90-47-54-20-8-3-9-21-54/h2-33,36-45,85-86H,1,34-35,46-51H2. The van der Waals surface area contributed by atoms with Gasteiger partial charge in [-0.2, -0.15) is 0 Å². The summed E-state index contributed by atoms with van der Waals surface area (Å²) in [6.45, 7) is 5.75. The Balaban J connectivity index is 0.672. The van der Waals surface area contributed by atoms with Gasteiger partial charge in [0.1, 0.15) is 85.2 Å². The summed E-state index contributed by atoms with van der Waals surface area (Å²) < 4.78 is 49.2. The average molecular weight is 1270 g/mol. The van der Waals surface area contributed by atoms with E-state index < -0.39 is 11.9 Å². The Morgan fingerprint density at radius 3 is 1.18 bits per heavy atom. The number of fused-ring (bicyclic) bond motifs is 4. The highest BCUT2D eigenvalue weighted by molar-refractivity contribution is 5.98. The number of nitrogens with zero attached hydrogens (tertiary/aromatic N) is 2. The molecule has 0 amide bonds. The number of hydrogen-bond donors (Lipinski definition) is 2. The summed E-state index contributed by atoms with van der Waals surface area (Å²) in [5, 5.41) is 27.9. The fraction of sp³-hybridized carbons (Fsp3) is 0.0976. The van der Waals surface area contributed by atoms with E-state index in [2.05, 4.69) is 6.58 Å². The molecular formula is C82H62N2O12. The second-order valence-electron chi connectivity index (χ2n) is 23.3. The van der Waals surface area contributed by atoms with Crippen molar-refractivity contribution >= 4 is 55.7 Å². The molecule has 14 nitrogen and oxygen atoms in total. The number of aromatic nitrogens is 2. The molecule has 12 aromatic carbocycles. The third kappa shape index (κ3) is 14.1. The molecule has 14 aromatic rings. The number of oxazole rings is 2. The lowest BCUT2D eigenvalue weighted by Crippen LogP contribution is -2.06. The van der Waals surface area contributed by atoms with E-state index in [4.69, 9.17) is 47.2 Å². The van der Waals surface area contributed by atoms with Crippen LogP contribution < -0.4 is 18.9 Å². The first-order valence-corrected chi connectivity index (χ1v) is 31.3. The zero-order valence-corrected chi connectivity index (χ0v) is 52.0. The monoisotopic (exact) mass is 1270 g/mol. The van der Waals surface area contributed by atoms with Crippen LogP contribution in [0.25, 0.3) is 66.7 Å². The molecule has 2 N–H and O–H groups in total. The van der Waals surface area contributed by atoms with Crippen molar-refractivity contribution in [2.24, 2.45) is 0 Å². The molecule has 0 aliphatic rings. The fourth-order valence-electron chi connectivity index (χ4n) is 11.6. The highest BCUT2D eigenvalue weighted by atomic mass is 16.5. The molecule has 0 unspecified atom stereocenters. The van der Waals surface area contributed by atoms with Crippen molar-refractivity contribution in [3.8, 4) is 57.4 Å². The molecule has 0 bridgehead atoms. The van der Waals surface area contributed by atoms with Crippen LogP contribution in [0, 0.1) is 0 Å². The molecule has 0 fully saturated rings. The van der Waals surface area contributed by atoms with Crippen molar-refractivity contribution < 1.29 is 57.1 Å². The normalized spacial score (nSPS) is 11.2. The maximum Gasteiger partial charge on any atom is 0.338 e. The molecule has 0 spiro atoms. The van der Waals surface area contributed by atoms with E-state index in [0.717, 1.165) is 43.8 Å². The Morgan fingerprint density at radius 1 is 0.365 bits per heavy atom. The number of aromatic hydroxyl groups is 2. The maximum absolute atomic E-state index is 13.8. The number of allylic oxidation sites excluding steroid dienone is 1. The Morgan fingerprint density at radius 2 is 0.740 bits per heavy atom. The van der Waals surface area contributed by atoms with Crippen molar-refractivity contribution in [1.82, 2.24) is 9.97 Å². The number of ether oxygens (including phenoxy) is 6. The number of carbonyl (C=O) groups is 2. The smallest absolute Gasteiger partial charge is 0.338 e. The molecular weight excluding hydrogens is 1200 g/mol. The summed E-state index contributed by atoms with van der Waals surface area (Å²) in [4.78, 5) is 37.1. The van der Waals surface area contributed by atoms with Gasteiger partial charge in [-0.15, -0.1) is 0 Å². The van der Waals surface area contributed by atoms with Crippen LogP contribution in [0.2, 0.25) is 0 Å². The van der Waals surface area contributed by atoms with Crippen LogP contribution in [0.4, 0.5) is 0 Å². The van der Waals surface area contributed by atoms with Gasteiger partial charge in [-0.1, -0.05) is 182 Å². The van der Waals surface area contributed by atoms with Crippen molar-refractivity contribution in [1.29, 1.82) is 0 Å². The first-order valence-electron chi connectivity index (χ1n) is 31.3. The molecule has 0 saturated heterocycles. The highest BCUT2D eigenvalue weighted by Crippen LogP contribution is 2.43. The second-order valence-corrected chi connectivity index (χ2v) is 23.3. The number of phenols is 2. The van der Waals surface area contributed by atoms with E-state index in [1.165, 1.54) is 0 Å². The number of rotatable bonds is 24. The third-order valence-electron chi connectivity index (χ3n) is 16.4. The Hall–Kier alpha value is -12.4. The first-order chi connectivity index (χ1) is 47.0. The Bertz CT molecular complexity index is 4720. The van der Waals surface area contributed by atoms with E-state index in [-0.39, 0.29) is 60.5 Å². The van der Waals surface area contributed by atoms with Crippen LogP contribution in [0.5, 0.6) is 34.5 Å². The molecule has 0 aliphatic heterocycles. The molecule has 14 rings (SSSR count). The zero-order valence-electron chi connectivity index (χ0n) is 52.0. The van der Waals surface area contributed by atoms with Crippen molar-refractivity contribution in [2.45, 2.75) is 52.5 Å². The number of benzene rings is 12. The number of carbonyl (C=O) groups excluding carboxylic acids is 2. The molecule has 472 valence electrons. The average Bonchev–Trinajstić information content (AvgIpc) is 1.41. The van der Waals surface area contributed by atoms with Gasteiger partial charge >= 0.3 is 11.9 Å². The molecule has 0 saturated carbocycles. The quantitative estimate of drug-likeness (QED) is 0.0430. The van der Waals surface area contributed by atoms with E-state index in [9.17, 15) is 19.8 Å². The minimum absolute atomic E-state index is 0.0581. The number of esters is 2. The van der Waals surface area contributed by atoms with Gasteiger partial charge < -0.3 is 47.5 Å². The number of phenolic OH excluding ortho intramolecular Hbond substituents is 2. The predicted octanol–water partition coefficient (Wildman–Crippen LogP) is 18.4. The summed E-state index contributed by atoms with van der Waals surface area (Å²) in [5.74, 6) is 1.27. The van der Waals surface area contributed by atoms with Gasteiger partial charge in [0.25, 0.3) is 0 Å². The van der Waals surface area contributed by atoms with Gasteiger partial charge in [0.05, 0.1) is 22.3 Å². The lowest BCUT2D eigenvalue weighted by molar-refractivity contribution is 0.0463. The summed E-state index contributed by atoms with van der Waals surface area (Å²) in [6.07, 6.45) is 0.408. The summed E-state index contributed by atoms with van der Waals surface area (Å²) in [5.41, 5.74) is 9.92. The van der Waals surface area contributed by atoms with E-state index in [0.29, 0.717) is 111 Å². The van der Waals surface area contributed by atoms with Crippen LogP contribution in [0.1, 0.15) is 65.2 Å². The van der Waals surface area contributed by atoms with Crippen LogP contribution in [0.3, 0.4) is 0 Å². The molecule has 2 aromatic heterocycles. The molecule has 0 radical (unpaired) electrons. The minimum Gasteiger partial charge on any atom is -0.507 e. The number of hydrogen-bond acceptors (Lipinski definition) is 14. The SMILES string of the molecule is C=C(Cc1c(O)c(-c2nc3cc(C(=O)OCc4cc(OCc5ccccc5)cc(OCc5ccccc5)c4)ccc3o2)cc2ccccc12)Cc1c(O)c(-c2nc3ccc(C(=O)OCc4cc(OCc5ccccc5)cc(OCc5ccccc5)c4)cc3o2)cc2ccccc12. The van der Waals surface area contributed by atoms with E-state index >= 15 is 0 Å². The molecule has 96 heavy (non-hydrogen) atoms. The summed E-state index contributed by atoms with van der Waals surface area (Å²) in [6, 6.07) is 79.1. The van der Waals surface area contributed by atoms with Gasteiger partial charge in [0, 0.05) is 23.3 Å². The van der Waals surface area contributed by atoms with Crippen molar-refractivity contribution in [3.05, 3.63) is 323 Å². The van der Waals surface area contributed by atoms with E-state index in [1.807, 2.05) is 218 Å². The van der Waals surface area contributed by atoms with Crippen LogP contribution >= 0.6 is 0 Å². The largest absolute Gasteiger partial charge is 0.507 e. The Kier molecular flexibility index (Phi) is 17.7. The minimum atomic E-state index is -0.584. The third-order valence-corrected chi connectivity index (χ3v) is 16.4. The van der Waals surface area contributed by atoms with Crippen LogP contribution in [-0.4, -0.2) is 32.1 Å². The first kappa shape index (κ1) is 61.1. The van der Waals surface area contributed by atoms with Crippen molar-refractivity contribution in [2.75, 3.05) is 0 Å². The molecule has 0 atom stereocenters. The van der Waals surface area contributed by atoms with Gasteiger partial charge in [-0.3, -0.25) is 0 Å². The second kappa shape index (κ2) is 27.8. The molecule has 2 heterocycles. The lowest BCUT2D eigenvalue weighted by Gasteiger charge is -2.16. The molecule has 0 aliphatic carbocycles. The van der Waals surface area contributed by atoms with Crippen LogP contribution in [0.15, 0.2) is 276 Å². The van der Waals surface area contributed by atoms with Crippen LogP contribution in [-0.2, 0) is 62.0 Å². The topological polar surface area (TPSA) is 182 Å². The van der Waals surface area contributed by atoms with Gasteiger partial charge in [-0.25, -0.2) is 19.6 Å². The fourth-order valence-corrected chi connectivity index (χ4v) is 11.6. The summed E-state index contributed by atoms with van der Waals surface area (Å²) >= 11 is 0. The predicted molar refractivity (Wildman–Crippen MR) is 368 cm³/mol. The molecule has 14 heteroatoms. The van der Waals surface area contributed by atoms with Gasteiger partial charge in [-0.05, 0) is 141 Å². The summed E-state index contributed by atoms with van der Waals surface area (Å²) in [7, 11) is 0. The van der Waals surface area contributed by atoms with Crippen molar-refractivity contribution in [3.63, 3.8) is 0 Å². The highest BCUT2D eigenvalue weighted by Gasteiger charge is 2.24.